The normalized spacial score (nSPS) is 12.4. The van der Waals surface area contributed by atoms with Gasteiger partial charge in [0, 0.05) is 43.8 Å². The van der Waals surface area contributed by atoms with Gasteiger partial charge in [0.05, 0.1) is 38.8 Å². The molecule has 0 aliphatic carbocycles. The van der Waals surface area contributed by atoms with Gasteiger partial charge in [0.2, 0.25) is 0 Å². The molecule has 4 heteroatoms. The number of hydrogen-bond donors (Lipinski definition) is 0. The lowest BCUT2D eigenvalue weighted by Gasteiger charge is -2.14. The standard InChI is InChI=1S/C50H28N4/c1-2-14-32-31(13-1)34-16-5-10-22-44(34)53-45-23-11-6-17-35(45)40-27-29(25-38(32)48(40)53)30-26-39-33-15-3-4-19-37(33)47-50(52-43-21-9-8-20-42(43)51-47)54-46-24-12-7-18-36(46)41(28-30)49(39)54/h1-28H. The lowest BCUT2D eigenvalue weighted by atomic mass is 9.89. The summed E-state index contributed by atoms with van der Waals surface area (Å²) in [5.41, 5.74) is 19.4. The summed E-state index contributed by atoms with van der Waals surface area (Å²) in [6, 6.07) is 61.9. The Bertz CT molecular complexity index is 3450. The van der Waals surface area contributed by atoms with Gasteiger partial charge >= 0.3 is 0 Å². The Morgan fingerprint density at radius 2 is 0.796 bits per heavy atom. The van der Waals surface area contributed by atoms with E-state index in [9.17, 15) is 0 Å². The lowest BCUT2D eigenvalue weighted by Crippen LogP contribution is -2.02. The van der Waals surface area contributed by atoms with E-state index in [1.807, 2.05) is 12.1 Å². The second-order valence-corrected chi connectivity index (χ2v) is 14.5. The predicted octanol–water partition coefficient (Wildman–Crippen LogP) is 12.8. The maximum atomic E-state index is 5.34. The molecule has 3 aromatic heterocycles. The minimum absolute atomic E-state index is 0.866. The van der Waals surface area contributed by atoms with Crippen molar-refractivity contribution in [3.05, 3.63) is 170 Å². The molecule has 0 spiro atoms. The molecule has 0 amide bonds. The molecule has 11 aromatic rings. The highest BCUT2D eigenvalue weighted by molar-refractivity contribution is 6.20. The van der Waals surface area contributed by atoms with Crippen LogP contribution in [-0.4, -0.2) is 19.1 Å². The van der Waals surface area contributed by atoms with Gasteiger partial charge in [0.15, 0.2) is 5.82 Å². The fraction of sp³-hybridized carbons (Fsp3) is 0. The van der Waals surface area contributed by atoms with Crippen LogP contribution in [-0.2, 0) is 0 Å². The van der Waals surface area contributed by atoms with E-state index in [0.717, 1.165) is 44.7 Å². The molecular weight excluding hydrogens is 657 g/mol. The fourth-order valence-electron chi connectivity index (χ4n) is 9.51. The molecule has 0 bridgehead atoms. The number of aromatic nitrogens is 4. The maximum Gasteiger partial charge on any atom is 0.165 e. The van der Waals surface area contributed by atoms with Gasteiger partial charge in [-0.05, 0) is 82.4 Å². The highest BCUT2D eigenvalue weighted by Crippen LogP contribution is 2.51. The molecule has 0 saturated carbocycles. The lowest BCUT2D eigenvalue weighted by molar-refractivity contribution is 1.09. The first kappa shape index (κ1) is 28.3. The summed E-state index contributed by atoms with van der Waals surface area (Å²) >= 11 is 0. The van der Waals surface area contributed by atoms with Crippen LogP contribution in [0.5, 0.6) is 0 Å². The molecule has 2 aliphatic rings. The van der Waals surface area contributed by atoms with Crippen molar-refractivity contribution in [1.82, 2.24) is 19.1 Å². The molecule has 8 aromatic carbocycles. The Labute approximate surface area is 309 Å². The van der Waals surface area contributed by atoms with Gasteiger partial charge in [-0.2, -0.15) is 0 Å². The number of hydrogen-bond acceptors (Lipinski definition) is 2. The molecule has 0 saturated heterocycles. The van der Waals surface area contributed by atoms with Crippen LogP contribution in [0, 0.1) is 0 Å². The minimum Gasteiger partial charge on any atom is -0.308 e. The van der Waals surface area contributed by atoms with Crippen molar-refractivity contribution in [1.29, 1.82) is 0 Å². The van der Waals surface area contributed by atoms with Crippen molar-refractivity contribution in [2.24, 2.45) is 0 Å². The van der Waals surface area contributed by atoms with Crippen molar-refractivity contribution in [3.63, 3.8) is 0 Å². The zero-order chi connectivity index (χ0) is 35.1. The van der Waals surface area contributed by atoms with Crippen LogP contribution in [0.25, 0.3) is 122 Å². The zero-order valence-corrected chi connectivity index (χ0v) is 29.0. The van der Waals surface area contributed by atoms with Crippen molar-refractivity contribution in [2.75, 3.05) is 0 Å². The number of benzene rings is 8. The molecule has 0 unspecified atom stereocenters. The number of para-hydroxylation sites is 5. The van der Waals surface area contributed by atoms with Gasteiger partial charge in [-0.25, -0.2) is 9.97 Å². The van der Waals surface area contributed by atoms with Crippen LogP contribution in [0.1, 0.15) is 0 Å². The van der Waals surface area contributed by atoms with Gasteiger partial charge in [-0.3, -0.25) is 4.57 Å². The third-order valence-electron chi connectivity index (χ3n) is 11.8. The maximum absolute atomic E-state index is 5.34. The third-order valence-corrected chi connectivity index (χ3v) is 11.8. The molecule has 4 nitrogen and oxygen atoms in total. The molecule has 5 heterocycles. The van der Waals surface area contributed by atoms with E-state index in [1.165, 1.54) is 77.2 Å². The molecule has 0 atom stereocenters. The molecule has 54 heavy (non-hydrogen) atoms. The van der Waals surface area contributed by atoms with Crippen molar-refractivity contribution >= 4 is 54.6 Å². The highest BCUT2D eigenvalue weighted by atomic mass is 15.1. The van der Waals surface area contributed by atoms with Crippen LogP contribution < -0.4 is 0 Å². The SMILES string of the molecule is c1ccc2c(c1)-c1ccccc1-n1c3ccccc3c3cc(-c4cc5c6c(c4)c4ccccc4n6-c4nc6ccccc6nc4-c4ccccc4-5)cc-2c31. The topological polar surface area (TPSA) is 35.6 Å². The summed E-state index contributed by atoms with van der Waals surface area (Å²) in [5.74, 6) is 0.866. The smallest absolute Gasteiger partial charge is 0.165 e. The van der Waals surface area contributed by atoms with E-state index in [1.54, 1.807) is 0 Å². The number of nitrogens with zero attached hydrogens (tertiary/aromatic N) is 4. The van der Waals surface area contributed by atoms with Crippen LogP contribution >= 0.6 is 0 Å². The molecule has 2 aliphatic heterocycles. The average Bonchev–Trinajstić information content (AvgIpc) is 3.67. The Balaban J connectivity index is 1.18. The van der Waals surface area contributed by atoms with E-state index < -0.39 is 0 Å². The van der Waals surface area contributed by atoms with E-state index in [0.29, 0.717) is 0 Å². The molecule has 0 radical (unpaired) electrons. The molecule has 13 rings (SSSR count). The Kier molecular flexibility index (Phi) is 5.34. The second kappa shape index (κ2) is 10.2. The van der Waals surface area contributed by atoms with Crippen molar-refractivity contribution in [3.8, 4) is 67.3 Å². The fourth-order valence-corrected chi connectivity index (χ4v) is 9.51. The Hall–Kier alpha value is -7.30. The van der Waals surface area contributed by atoms with Crippen LogP contribution in [0.3, 0.4) is 0 Å². The Morgan fingerprint density at radius 1 is 0.333 bits per heavy atom. The van der Waals surface area contributed by atoms with Gasteiger partial charge in [0.1, 0.15) is 5.69 Å². The minimum atomic E-state index is 0.866. The van der Waals surface area contributed by atoms with E-state index in [4.69, 9.17) is 9.97 Å². The summed E-state index contributed by atoms with van der Waals surface area (Å²) in [7, 11) is 0. The summed E-state index contributed by atoms with van der Waals surface area (Å²) in [4.78, 5) is 10.7. The first-order valence-corrected chi connectivity index (χ1v) is 18.5. The van der Waals surface area contributed by atoms with Gasteiger partial charge in [-0.1, -0.05) is 115 Å². The van der Waals surface area contributed by atoms with Crippen molar-refractivity contribution in [2.45, 2.75) is 0 Å². The first-order chi connectivity index (χ1) is 26.8. The molecule has 0 N–H and O–H groups in total. The molecule has 0 fully saturated rings. The van der Waals surface area contributed by atoms with Gasteiger partial charge in [-0.15, -0.1) is 0 Å². The zero-order valence-electron chi connectivity index (χ0n) is 29.0. The predicted molar refractivity (Wildman–Crippen MR) is 223 cm³/mol. The monoisotopic (exact) mass is 684 g/mol. The van der Waals surface area contributed by atoms with Crippen LogP contribution in [0.15, 0.2) is 170 Å². The van der Waals surface area contributed by atoms with E-state index >= 15 is 0 Å². The Morgan fingerprint density at radius 3 is 1.46 bits per heavy atom. The van der Waals surface area contributed by atoms with Crippen LogP contribution in [0.2, 0.25) is 0 Å². The quantitative estimate of drug-likeness (QED) is 0.173. The number of fused-ring (bicyclic) bond motifs is 17. The molecular formula is C50H28N4. The third kappa shape index (κ3) is 3.57. The van der Waals surface area contributed by atoms with Gasteiger partial charge < -0.3 is 4.57 Å². The van der Waals surface area contributed by atoms with Crippen molar-refractivity contribution < 1.29 is 0 Å². The summed E-state index contributed by atoms with van der Waals surface area (Å²) in [5, 5.41) is 4.92. The largest absolute Gasteiger partial charge is 0.308 e. The molecule has 248 valence electrons. The summed E-state index contributed by atoms with van der Waals surface area (Å²) in [6.07, 6.45) is 0. The van der Waals surface area contributed by atoms with Crippen LogP contribution in [0.4, 0.5) is 0 Å². The second-order valence-electron chi connectivity index (χ2n) is 14.5. The summed E-state index contributed by atoms with van der Waals surface area (Å²) in [6.45, 7) is 0. The first-order valence-electron chi connectivity index (χ1n) is 18.5. The number of rotatable bonds is 1. The van der Waals surface area contributed by atoms with Gasteiger partial charge in [0.25, 0.3) is 0 Å². The average molecular weight is 685 g/mol. The van der Waals surface area contributed by atoms with E-state index in [-0.39, 0.29) is 0 Å². The highest BCUT2D eigenvalue weighted by Gasteiger charge is 2.29. The summed E-state index contributed by atoms with van der Waals surface area (Å²) < 4.78 is 4.85. The van der Waals surface area contributed by atoms with E-state index in [2.05, 4.69) is 167 Å².